The second-order valence-electron chi connectivity index (χ2n) is 5.41. The first-order chi connectivity index (χ1) is 10.1. The number of aliphatic carboxylic acids is 1. The highest BCUT2D eigenvalue weighted by Gasteiger charge is 2.31. The summed E-state index contributed by atoms with van der Waals surface area (Å²) in [5.74, 6) is 0.369. The molecular formula is C15H19NO5. The van der Waals surface area contributed by atoms with Gasteiger partial charge < -0.3 is 19.7 Å². The third kappa shape index (κ3) is 2.96. The van der Waals surface area contributed by atoms with E-state index in [0.717, 1.165) is 0 Å². The van der Waals surface area contributed by atoms with Gasteiger partial charge in [0.05, 0.1) is 6.10 Å². The average Bonchev–Trinajstić information content (AvgIpc) is 2.49. The summed E-state index contributed by atoms with van der Waals surface area (Å²) in [5, 5.41) is 19.1. The molecular weight excluding hydrogens is 274 g/mol. The number of carboxylic acids is 1. The Labute approximate surface area is 122 Å². The maximum atomic E-state index is 11.7. The van der Waals surface area contributed by atoms with Crippen molar-refractivity contribution >= 4 is 5.97 Å². The lowest BCUT2D eigenvalue weighted by molar-refractivity contribution is -0.144. The molecule has 2 N–H and O–H groups in total. The number of aliphatic hydroxyl groups is 1. The number of rotatable bonds is 3. The Hall–Kier alpha value is -1.79. The van der Waals surface area contributed by atoms with Gasteiger partial charge in [-0.3, -0.25) is 9.69 Å². The molecule has 0 aliphatic carbocycles. The fourth-order valence-corrected chi connectivity index (χ4v) is 2.88. The molecule has 114 valence electrons. The molecule has 21 heavy (non-hydrogen) atoms. The number of nitrogens with zero attached hydrogens (tertiary/aromatic N) is 1. The number of benzene rings is 1. The molecule has 2 aliphatic rings. The van der Waals surface area contributed by atoms with Crippen LogP contribution < -0.4 is 9.47 Å². The van der Waals surface area contributed by atoms with Gasteiger partial charge in [-0.15, -0.1) is 0 Å². The number of hydrogen-bond acceptors (Lipinski definition) is 5. The van der Waals surface area contributed by atoms with E-state index >= 15 is 0 Å². The van der Waals surface area contributed by atoms with Crippen molar-refractivity contribution in [3.8, 4) is 11.5 Å². The first-order valence-corrected chi connectivity index (χ1v) is 7.19. The Kier molecular flexibility index (Phi) is 3.98. The van der Waals surface area contributed by atoms with Crippen LogP contribution in [0.4, 0.5) is 0 Å². The van der Waals surface area contributed by atoms with Gasteiger partial charge in [-0.1, -0.05) is 6.07 Å². The van der Waals surface area contributed by atoms with Crippen molar-refractivity contribution < 1.29 is 24.5 Å². The Morgan fingerprint density at radius 2 is 1.86 bits per heavy atom. The predicted octanol–water partition coefficient (Wildman–Crippen LogP) is 1.04. The highest BCUT2D eigenvalue weighted by atomic mass is 16.6. The van der Waals surface area contributed by atoms with Crippen molar-refractivity contribution in [2.45, 2.75) is 25.0 Å². The van der Waals surface area contributed by atoms with Crippen LogP contribution in [0.2, 0.25) is 0 Å². The van der Waals surface area contributed by atoms with E-state index in [1.54, 1.807) is 18.2 Å². The van der Waals surface area contributed by atoms with E-state index in [9.17, 15) is 15.0 Å². The quantitative estimate of drug-likeness (QED) is 0.867. The molecule has 6 heteroatoms. The lowest BCUT2D eigenvalue weighted by Gasteiger charge is -2.34. The molecule has 1 atom stereocenters. The number of ether oxygens (including phenoxy) is 2. The van der Waals surface area contributed by atoms with Crippen molar-refractivity contribution in [2.75, 3.05) is 26.3 Å². The van der Waals surface area contributed by atoms with Gasteiger partial charge in [-0.25, -0.2) is 0 Å². The van der Waals surface area contributed by atoms with Crippen molar-refractivity contribution in [3.05, 3.63) is 23.8 Å². The van der Waals surface area contributed by atoms with E-state index < -0.39 is 12.0 Å². The maximum Gasteiger partial charge on any atom is 0.325 e. The zero-order valence-corrected chi connectivity index (χ0v) is 11.7. The molecule has 1 aromatic rings. The fourth-order valence-electron chi connectivity index (χ4n) is 2.88. The standard InChI is InChI=1S/C15H19NO5/c17-11-3-5-16(6-4-11)14(15(18)19)10-1-2-12-13(9-10)21-8-7-20-12/h1-2,9,11,14,17H,3-8H2,(H,18,19). The number of carboxylic acid groups (broad SMARTS) is 1. The van der Waals surface area contributed by atoms with Crippen LogP contribution in [0.25, 0.3) is 0 Å². The molecule has 0 amide bonds. The lowest BCUT2D eigenvalue weighted by Crippen LogP contribution is -2.41. The first kappa shape index (κ1) is 14.2. The van der Waals surface area contributed by atoms with Crippen LogP contribution in [0.1, 0.15) is 24.4 Å². The van der Waals surface area contributed by atoms with Crippen LogP contribution in [-0.2, 0) is 4.79 Å². The number of hydrogen-bond donors (Lipinski definition) is 2. The van der Waals surface area contributed by atoms with Crippen LogP contribution >= 0.6 is 0 Å². The Balaban J connectivity index is 1.85. The molecule has 0 bridgehead atoms. The maximum absolute atomic E-state index is 11.7. The predicted molar refractivity (Wildman–Crippen MR) is 74.6 cm³/mol. The molecule has 2 aliphatic heterocycles. The summed E-state index contributed by atoms with van der Waals surface area (Å²) in [6.07, 6.45) is 0.888. The topological polar surface area (TPSA) is 79.2 Å². The molecule has 0 aromatic heterocycles. The summed E-state index contributed by atoms with van der Waals surface area (Å²) < 4.78 is 11.0. The number of fused-ring (bicyclic) bond motifs is 1. The second kappa shape index (κ2) is 5.91. The van der Waals surface area contributed by atoms with E-state index in [1.165, 1.54) is 0 Å². The molecule has 1 unspecified atom stereocenters. The largest absolute Gasteiger partial charge is 0.486 e. The van der Waals surface area contributed by atoms with Crippen LogP contribution in [0.5, 0.6) is 11.5 Å². The minimum atomic E-state index is -0.886. The van der Waals surface area contributed by atoms with Crippen LogP contribution in [0.3, 0.4) is 0 Å². The van der Waals surface area contributed by atoms with Gasteiger partial charge in [-0.2, -0.15) is 0 Å². The minimum absolute atomic E-state index is 0.323. The molecule has 0 saturated carbocycles. The molecule has 1 fully saturated rings. The Morgan fingerprint density at radius 1 is 1.19 bits per heavy atom. The van der Waals surface area contributed by atoms with Crippen LogP contribution in [0.15, 0.2) is 18.2 Å². The first-order valence-electron chi connectivity index (χ1n) is 7.19. The van der Waals surface area contributed by atoms with Crippen molar-refractivity contribution in [1.29, 1.82) is 0 Å². The van der Waals surface area contributed by atoms with Gasteiger partial charge in [0.1, 0.15) is 19.3 Å². The molecule has 1 saturated heterocycles. The Bertz CT molecular complexity index is 525. The van der Waals surface area contributed by atoms with Gasteiger partial charge in [0.25, 0.3) is 0 Å². The third-order valence-electron chi connectivity index (χ3n) is 3.98. The molecule has 1 aromatic carbocycles. The highest BCUT2D eigenvalue weighted by molar-refractivity contribution is 5.76. The monoisotopic (exact) mass is 293 g/mol. The van der Waals surface area contributed by atoms with Gasteiger partial charge in [0.2, 0.25) is 0 Å². The molecule has 0 spiro atoms. The van der Waals surface area contributed by atoms with Crippen molar-refractivity contribution in [3.63, 3.8) is 0 Å². The number of likely N-dealkylation sites (tertiary alicyclic amines) is 1. The zero-order valence-electron chi connectivity index (χ0n) is 11.7. The summed E-state index contributed by atoms with van der Waals surface area (Å²) in [7, 11) is 0. The van der Waals surface area contributed by atoms with Gasteiger partial charge in [0, 0.05) is 13.1 Å². The van der Waals surface area contributed by atoms with Gasteiger partial charge in [-0.05, 0) is 30.5 Å². The summed E-state index contributed by atoms with van der Waals surface area (Å²) in [6, 6.07) is 4.57. The van der Waals surface area contributed by atoms with E-state index in [2.05, 4.69) is 0 Å². The fraction of sp³-hybridized carbons (Fsp3) is 0.533. The number of piperidine rings is 1. The van der Waals surface area contributed by atoms with E-state index in [-0.39, 0.29) is 6.10 Å². The smallest absolute Gasteiger partial charge is 0.325 e. The average molecular weight is 293 g/mol. The summed E-state index contributed by atoms with van der Waals surface area (Å²) in [6.45, 7) is 2.14. The lowest BCUT2D eigenvalue weighted by atomic mass is 10.00. The second-order valence-corrected chi connectivity index (χ2v) is 5.41. The van der Waals surface area contributed by atoms with Crippen molar-refractivity contribution in [2.24, 2.45) is 0 Å². The van der Waals surface area contributed by atoms with E-state index in [1.807, 2.05) is 4.90 Å². The number of carbonyl (C=O) groups is 1. The molecule has 3 rings (SSSR count). The summed E-state index contributed by atoms with van der Waals surface area (Å²) >= 11 is 0. The minimum Gasteiger partial charge on any atom is -0.486 e. The normalized spacial score (nSPS) is 21.0. The third-order valence-corrected chi connectivity index (χ3v) is 3.98. The summed E-state index contributed by atoms with van der Waals surface area (Å²) in [5.41, 5.74) is 0.683. The zero-order chi connectivity index (χ0) is 14.8. The van der Waals surface area contributed by atoms with Gasteiger partial charge >= 0.3 is 5.97 Å². The van der Waals surface area contributed by atoms with Crippen molar-refractivity contribution in [1.82, 2.24) is 4.90 Å². The van der Waals surface area contributed by atoms with E-state index in [4.69, 9.17) is 9.47 Å². The SMILES string of the molecule is O=C(O)C(c1ccc2c(c1)OCCO2)N1CCC(O)CC1. The van der Waals surface area contributed by atoms with Crippen LogP contribution in [-0.4, -0.2) is 53.5 Å². The summed E-state index contributed by atoms with van der Waals surface area (Å²) in [4.78, 5) is 13.6. The van der Waals surface area contributed by atoms with E-state index in [0.29, 0.717) is 56.2 Å². The van der Waals surface area contributed by atoms with Gasteiger partial charge in [0.15, 0.2) is 11.5 Å². The number of aliphatic hydroxyl groups excluding tert-OH is 1. The highest BCUT2D eigenvalue weighted by Crippen LogP contribution is 2.35. The molecule has 6 nitrogen and oxygen atoms in total. The molecule has 2 heterocycles. The van der Waals surface area contributed by atoms with Crippen LogP contribution in [0, 0.1) is 0 Å². The molecule has 0 radical (unpaired) electrons. The Morgan fingerprint density at radius 3 is 2.52 bits per heavy atom.